The predicted octanol–water partition coefficient (Wildman–Crippen LogP) is 2.05. The Morgan fingerprint density at radius 2 is 1.77 bits per heavy atom. The zero-order valence-electron chi connectivity index (χ0n) is 7.28. The van der Waals surface area contributed by atoms with E-state index in [0.29, 0.717) is 0 Å². The smallest absolute Gasteiger partial charge is 0.306 e. The maximum Gasteiger partial charge on any atom is 0.306 e. The van der Waals surface area contributed by atoms with Gasteiger partial charge in [0.15, 0.2) is 0 Å². The molecule has 78 valence electrons. The number of aliphatic carboxylic acids is 1. The van der Waals surface area contributed by atoms with Crippen LogP contribution in [-0.2, 0) is 4.79 Å². The van der Waals surface area contributed by atoms with Crippen molar-refractivity contribution in [1.82, 2.24) is 0 Å². The molecule has 0 saturated heterocycles. The van der Waals surface area contributed by atoms with Crippen LogP contribution < -0.4 is 0 Å². The number of nitrogens with zero attached hydrogens (tertiary/aromatic N) is 1. The molecule has 3 nitrogen and oxygen atoms in total. The molecule has 6 heteroatoms. The van der Waals surface area contributed by atoms with Gasteiger partial charge in [0, 0.05) is 6.57 Å². The minimum atomic E-state index is -1.75. The van der Waals surface area contributed by atoms with Crippen molar-refractivity contribution in [2.75, 3.05) is 13.2 Å². The number of alkyl halides is 2. The van der Waals surface area contributed by atoms with Crippen molar-refractivity contribution in [2.24, 2.45) is 5.92 Å². The Morgan fingerprint density at radius 3 is 1.77 bits per heavy atom. The fraction of sp³-hybridized carbons (Fsp3) is 0.714. The molecule has 1 rings (SSSR count). The fourth-order valence-corrected chi connectivity index (χ4v) is 0.330. The molecular weight excluding hydrogens is 200 g/mol. The first-order valence-corrected chi connectivity index (χ1v) is 4.17. The highest BCUT2D eigenvalue weighted by atomic mass is 32.1. The molecule has 0 atom stereocenters. The molecule has 0 spiro atoms. The minimum absolute atomic E-state index is 0.0185. The Bertz CT molecular complexity index is 129. The van der Waals surface area contributed by atoms with E-state index in [1.54, 1.807) is 6.26 Å². The number of rotatable bonds is 1. The lowest BCUT2D eigenvalue weighted by molar-refractivity contribution is -0.138. The third-order valence-electron chi connectivity index (χ3n) is 0.927. The largest absolute Gasteiger partial charge is 0.481 e. The summed E-state index contributed by atoms with van der Waals surface area (Å²) in [6, 6.07) is 0. The zero-order chi connectivity index (χ0) is 11.3. The van der Waals surface area contributed by atoms with E-state index >= 15 is 0 Å². The second kappa shape index (κ2) is 17.3. The highest BCUT2D eigenvalue weighted by Crippen LogP contribution is 2.28. The van der Waals surface area contributed by atoms with Gasteiger partial charge < -0.3 is 5.11 Å². The molecular formula is C7H13F2NO2S. The lowest BCUT2D eigenvalue weighted by Crippen LogP contribution is -1.94. The van der Waals surface area contributed by atoms with E-state index in [9.17, 15) is 13.6 Å². The van der Waals surface area contributed by atoms with E-state index in [1.165, 1.54) is 0 Å². The summed E-state index contributed by atoms with van der Waals surface area (Å²) >= 11 is 3.53. The summed E-state index contributed by atoms with van der Waals surface area (Å²) in [4.78, 5) is 9.76. The van der Waals surface area contributed by atoms with Gasteiger partial charge in [-0.25, -0.2) is 14.0 Å². The van der Waals surface area contributed by atoms with Gasteiger partial charge in [-0.3, -0.25) is 4.79 Å². The van der Waals surface area contributed by atoms with Gasteiger partial charge in [-0.1, -0.05) is 0 Å². The second-order valence-electron chi connectivity index (χ2n) is 1.71. The van der Waals surface area contributed by atoms with Crippen molar-refractivity contribution < 1.29 is 18.7 Å². The Kier molecular flexibility index (Phi) is 24.0. The fourth-order valence-electron chi connectivity index (χ4n) is 0.330. The second-order valence-corrected chi connectivity index (χ2v) is 1.71. The van der Waals surface area contributed by atoms with E-state index in [0.717, 1.165) is 12.8 Å². The molecule has 0 unspecified atom stereocenters. The van der Waals surface area contributed by atoms with E-state index < -0.39 is 12.9 Å². The summed E-state index contributed by atoms with van der Waals surface area (Å²) in [7, 11) is 0. The van der Waals surface area contributed by atoms with Crippen molar-refractivity contribution in [3.05, 3.63) is 0 Å². The van der Waals surface area contributed by atoms with Crippen LogP contribution in [0.15, 0.2) is 0 Å². The van der Waals surface area contributed by atoms with Gasteiger partial charge in [-0.2, -0.15) is 12.6 Å². The van der Waals surface area contributed by atoms with Crippen LogP contribution in [0.5, 0.6) is 0 Å². The lowest BCUT2D eigenvalue weighted by atomic mass is 10.5. The number of halogens is 2. The van der Waals surface area contributed by atoms with Gasteiger partial charge in [0.1, 0.15) is 0 Å². The maximum atomic E-state index is 9.76. The minimum Gasteiger partial charge on any atom is -0.481 e. The molecule has 1 aliphatic rings. The van der Waals surface area contributed by atoms with Crippen LogP contribution in [0, 0.1) is 17.8 Å². The van der Waals surface area contributed by atoms with Gasteiger partial charge in [-0.15, -0.1) is 0 Å². The van der Waals surface area contributed by atoms with Crippen molar-refractivity contribution in [3.63, 3.8) is 0 Å². The van der Waals surface area contributed by atoms with Crippen molar-refractivity contribution in [2.45, 2.75) is 12.8 Å². The first-order chi connectivity index (χ1) is 6.22. The SMILES string of the molecule is C#N.CS.FCF.O=C(O)C1CC1. The molecule has 0 heterocycles. The average molecular weight is 213 g/mol. The van der Waals surface area contributed by atoms with Gasteiger partial charge in [0.05, 0.1) is 5.92 Å². The van der Waals surface area contributed by atoms with Crippen molar-refractivity contribution >= 4 is 18.6 Å². The molecule has 1 aliphatic carbocycles. The first-order valence-electron chi connectivity index (χ1n) is 3.27. The number of carboxylic acid groups (broad SMARTS) is 1. The highest BCUT2D eigenvalue weighted by molar-refractivity contribution is 7.79. The lowest BCUT2D eigenvalue weighted by Gasteiger charge is -1.75. The molecule has 0 amide bonds. The molecule has 0 bridgehead atoms. The summed E-state index contributed by atoms with van der Waals surface area (Å²) in [5.41, 5.74) is 0. The molecule has 1 N–H and O–H groups in total. The van der Waals surface area contributed by atoms with Crippen LogP contribution in [0.25, 0.3) is 0 Å². The number of carbonyl (C=O) groups is 1. The first kappa shape index (κ1) is 18.1. The molecule has 13 heavy (non-hydrogen) atoms. The van der Waals surface area contributed by atoms with Crippen LogP contribution >= 0.6 is 12.6 Å². The van der Waals surface area contributed by atoms with E-state index in [-0.39, 0.29) is 5.92 Å². The number of nitriles is 1. The van der Waals surface area contributed by atoms with Crippen LogP contribution in [0.1, 0.15) is 12.8 Å². The normalized spacial score (nSPS) is 11.5. The molecule has 1 saturated carbocycles. The number of carboxylic acids is 1. The third-order valence-corrected chi connectivity index (χ3v) is 0.927. The molecule has 0 radical (unpaired) electrons. The summed E-state index contributed by atoms with van der Waals surface area (Å²) in [6.45, 7) is 1.75. The molecule has 1 fully saturated rings. The number of hydrogen-bond acceptors (Lipinski definition) is 3. The monoisotopic (exact) mass is 213 g/mol. The number of thiol groups is 1. The zero-order valence-corrected chi connectivity index (χ0v) is 8.18. The van der Waals surface area contributed by atoms with Crippen molar-refractivity contribution in [3.8, 4) is 6.57 Å². The van der Waals surface area contributed by atoms with Crippen LogP contribution in [0.4, 0.5) is 8.78 Å². The van der Waals surface area contributed by atoms with Gasteiger partial charge in [0.25, 0.3) is 0 Å². The van der Waals surface area contributed by atoms with Gasteiger partial charge in [-0.05, 0) is 19.1 Å². The Morgan fingerprint density at radius 1 is 1.54 bits per heavy atom. The molecule has 0 aromatic carbocycles. The quantitative estimate of drug-likeness (QED) is 0.655. The Labute approximate surface area is 81.8 Å². The van der Waals surface area contributed by atoms with E-state index in [2.05, 4.69) is 19.2 Å². The molecule has 0 aromatic rings. The summed E-state index contributed by atoms with van der Waals surface area (Å²) in [5, 5.41) is 14.6. The Balaban J connectivity index is -0.000000124. The van der Waals surface area contributed by atoms with Gasteiger partial charge in [0.2, 0.25) is 6.93 Å². The summed E-state index contributed by atoms with van der Waals surface area (Å²) in [6.07, 6.45) is 3.49. The van der Waals surface area contributed by atoms with Crippen LogP contribution in [-0.4, -0.2) is 24.3 Å². The summed E-state index contributed by atoms with van der Waals surface area (Å²) < 4.78 is 19.2. The molecule has 0 aliphatic heterocycles. The van der Waals surface area contributed by atoms with E-state index in [4.69, 9.17) is 10.4 Å². The molecule has 0 aromatic heterocycles. The van der Waals surface area contributed by atoms with Crippen molar-refractivity contribution in [1.29, 1.82) is 5.26 Å². The van der Waals surface area contributed by atoms with Crippen LogP contribution in [0.3, 0.4) is 0 Å². The maximum absolute atomic E-state index is 9.76. The average Bonchev–Trinajstić information content (AvgIpc) is 2.95. The van der Waals surface area contributed by atoms with E-state index in [1.807, 2.05) is 0 Å². The third kappa shape index (κ3) is 24.7. The van der Waals surface area contributed by atoms with Gasteiger partial charge >= 0.3 is 5.97 Å². The Hall–Kier alpha value is -0.830. The standard InChI is InChI=1S/C4H6O2.CH2F2.CHN.CH4S/c5-4(6)3-1-2-3;2-1-3;2*1-2/h3H,1-2H2,(H,5,6);1H2;1H;2H,1H3. The number of hydrogen-bond donors (Lipinski definition) is 2. The highest BCUT2D eigenvalue weighted by Gasteiger charge is 2.28. The predicted molar refractivity (Wildman–Crippen MR) is 49.0 cm³/mol. The topological polar surface area (TPSA) is 61.1 Å². The summed E-state index contributed by atoms with van der Waals surface area (Å²) in [5.74, 6) is -0.611. The van der Waals surface area contributed by atoms with Crippen LogP contribution in [0.2, 0.25) is 0 Å².